The fourth-order valence-electron chi connectivity index (χ4n) is 3.38. The molecule has 0 aliphatic carbocycles. The number of carbonyl (C=O) groups excluding carboxylic acids is 2. The third kappa shape index (κ3) is 8.60. The minimum atomic E-state index is -0.523. The molecule has 2 heterocycles. The number of primary amides is 1. The lowest BCUT2D eigenvalue weighted by Crippen LogP contribution is -2.42. The lowest BCUT2D eigenvalue weighted by molar-refractivity contribution is -0.122. The normalized spacial score (nSPS) is 15.2. The molecule has 10 nitrogen and oxygen atoms in total. The average molecular weight is 448 g/mol. The number of guanidine groups is 1. The maximum Gasteiger partial charge on any atom is 0.407 e. The molecular weight excluding hydrogens is 410 g/mol. The summed E-state index contributed by atoms with van der Waals surface area (Å²) in [5.74, 6) is 1.26. The highest BCUT2D eigenvalue weighted by molar-refractivity contribution is 5.80. The molecular formula is C22H37N7O3. The maximum atomic E-state index is 11.7. The highest BCUT2D eigenvalue weighted by atomic mass is 16.6. The van der Waals surface area contributed by atoms with Crippen molar-refractivity contribution in [1.82, 2.24) is 20.9 Å². The van der Waals surface area contributed by atoms with E-state index in [0.717, 1.165) is 37.3 Å². The van der Waals surface area contributed by atoms with Crippen LogP contribution in [0.5, 0.6) is 0 Å². The smallest absolute Gasteiger partial charge is 0.407 e. The van der Waals surface area contributed by atoms with Gasteiger partial charge in [-0.15, -0.1) is 0 Å². The van der Waals surface area contributed by atoms with Crippen molar-refractivity contribution in [2.24, 2.45) is 16.6 Å². The standard InChI is InChI=1S/C22H37N7O3/c1-5-24-20(26-11-12-27-21(31)32-22(2,3)4)28-15-17-7-6-10-25-19(17)29-13-8-16(9-14-29)18(23)30/h6-7,10,16H,5,8-9,11-15H2,1-4H3,(H2,23,30)(H,27,31)(H2,24,26,28). The van der Waals surface area contributed by atoms with Crippen LogP contribution in [0.25, 0.3) is 0 Å². The number of alkyl carbamates (subject to hydrolysis) is 1. The van der Waals surface area contributed by atoms with Gasteiger partial charge in [0.1, 0.15) is 11.4 Å². The molecule has 1 aromatic rings. The molecule has 0 bridgehead atoms. The van der Waals surface area contributed by atoms with Crippen LogP contribution in [0, 0.1) is 5.92 Å². The van der Waals surface area contributed by atoms with Crippen LogP contribution in [0.15, 0.2) is 23.3 Å². The molecule has 1 aromatic heterocycles. The highest BCUT2D eigenvalue weighted by Crippen LogP contribution is 2.24. The van der Waals surface area contributed by atoms with Crippen molar-refractivity contribution in [3.05, 3.63) is 23.9 Å². The second-order valence-electron chi connectivity index (χ2n) is 8.70. The topological polar surface area (TPSA) is 134 Å². The summed E-state index contributed by atoms with van der Waals surface area (Å²) in [5.41, 5.74) is 5.93. The summed E-state index contributed by atoms with van der Waals surface area (Å²) in [6, 6.07) is 3.91. The number of pyridine rings is 1. The van der Waals surface area contributed by atoms with Gasteiger partial charge < -0.3 is 31.3 Å². The van der Waals surface area contributed by atoms with Crippen LogP contribution in [0.4, 0.5) is 10.6 Å². The van der Waals surface area contributed by atoms with E-state index in [2.05, 4.69) is 30.8 Å². The maximum absolute atomic E-state index is 11.7. The Kier molecular flexibility index (Phi) is 9.55. The SMILES string of the molecule is CCNC(=NCc1cccnc1N1CCC(C(N)=O)CC1)NCCNC(=O)OC(C)(C)C. The van der Waals surface area contributed by atoms with Crippen molar-refractivity contribution >= 4 is 23.8 Å². The third-order valence-electron chi connectivity index (χ3n) is 4.90. The van der Waals surface area contributed by atoms with Gasteiger partial charge in [-0.05, 0) is 46.6 Å². The summed E-state index contributed by atoms with van der Waals surface area (Å²) >= 11 is 0. The summed E-state index contributed by atoms with van der Waals surface area (Å²) in [6.45, 7) is 11.0. The number of rotatable bonds is 8. The van der Waals surface area contributed by atoms with E-state index in [-0.39, 0.29) is 11.8 Å². The van der Waals surface area contributed by atoms with Gasteiger partial charge in [-0.1, -0.05) is 6.07 Å². The minimum absolute atomic E-state index is 0.0599. The van der Waals surface area contributed by atoms with Gasteiger partial charge in [-0.2, -0.15) is 0 Å². The van der Waals surface area contributed by atoms with Crippen LogP contribution in [0.3, 0.4) is 0 Å². The van der Waals surface area contributed by atoms with Gasteiger partial charge in [0.25, 0.3) is 0 Å². The quantitative estimate of drug-likeness (QED) is 0.269. The van der Waals surface area contributed by atoms with Gasteiger partial charge in [-0.25, -0.2) is 14.8 Å². The van der Waals surface area contributed by atoms with Crippen molar-refractivity contribution in [3.8, 4) is 0 Å². The van der Waals surface area contributed by atoms with Crippen LogP contribution < -0.4 is 26.6 Å². The molecule has 1 fully saturated rings. The highest BCUT2D eigenvalue weighted by Gasteiger charge is 2.25. The van der Waals surface area contributed by atoms with E-state index < -0.39 is 11.7 Å². The Labute approximate surface area is 190 Å². The van der Waals surface area contributed by atoms with Crippen molar-refractivity contribution in [2.75, 3.05) is 37.6 Å². The van der Waals surface area contributed by atoms with Crippen LogP contribution >= 0.6 is 0 Å². The monoisotopic (exact) mass is 447 g/mol. The average Bonchev–Trinajstić information content (AvgIpc) is 2.74. The Hall–Kier alpha value is -3.04. The number of nitrogens with one attached hydrogen (secondary N) is 3. The Balaban J connectivity index is 1.91. The third-order valence-corrected chi connectivity index (χ3v) is 4.90. The van der Waals surface area contributed by atoms with Crippen molar-refractivity contribution in [2.45, 2.75) is 52.7 Å². The summed E-state index contributed by atoms with van der Waals surface area (Å²) in [6.07, 6.45) is 2.81. The molecule has 0 aromatic carbocycles. The van der Waals surface area contributed by atoms with Gasteiger partial charge in [0, 0.05) is 50.4 Å². The predicted molar refractivity (Wildman–Crippen MR) is 125 cm³/mol. The molecule has 178 valence electrons. The fraction of sp³-hybridized carbons (Fsp3) is 0.636. The zero-order valence-corrected chi connectivity index (χ0v) is 19.6. The number of ether oxygens (including phenoxy) is 1. The Bertz CT molecular complexity index is 784. The molecule has 2 amide bonds. The van der Waals surface area contributed by atoms with Crippen molar-refractivity contribution in [1.29, 1.82) is 0 Å². The van der Waals surface area contributed by atoms with E-state index in [1.165, 1.54) is 0 Å². The summed E-state index contributed by atoms with van der Waals surface area (Å²) in [7, 11) is 0. The van der Waals surface area contributed by atoms with Gasteiger partial charge in [0.05, 0.1) is 6.54 Å². The number of hydrogen-bond donors (Lipinski definition) is 4. The second kappa shape index (κ2) is 12.1. The number of carbonyl (C=O) groups is 2. The molecule has 1 saturated heterocycles. The van der Waals surface area contributed by atoms with Crippen LogP contribution in [-0.2, 0) is 16.1 Å². The fourth-order valence-corrected chi connectivity index (χ4v) is 3.38. The van der Waals surface area contributed by atoms with Gasteiger partial charge >= 0.3 is 6.09 Å². The molecule has 0 spiro atoms. The molecule has 5 N–H and O–H groups in total. The zero-order valence-electron chi connectivity index (χ0n) is 19.6. The predicted octanol–water partition coefficient (Wildman–Crippen LogP) is 1.36. The Morgan fingerprint density at radius 2 is 1.91 bits per heavy atom. The lowest BCUT2D eigenvalue weighted by Gasteiger charge is -2.32. The summed E-state index contributed by atoms with van der Waals surface area (Å²) in [5, 5.41) is 9.13. The molecule has 0 saturated carbocycles. The molecule has 0 unspecified atom stereocenters. The Morgan fingerprint density at radius 1 is 1.22 bits per heavy atom. The molecule has 0 radical (unpaired) electrons. The number of amides is 2. The summed E-state index contributed by atoms with van der Waals surface area (Å²) < 4.78 is 5.23. The number of aromatic nitrogens is 1. The van der Waals surface area contributed by atoms with E-state index >= 15 is 0 Å². The number of anilines is 1. The van der Waals surface area contributed by atoms with Gasteiger partial charge in [0.2, 0.25) is 5.91 Å². The zero-order chi connectivity index (χ0) is 23.6. The van der Waals surface area contributed by atoms with Crippen LogP contribution in [0.1, 0.15) is 46.1 Å². The molecule has 32 heavy (non-hydrogen) atoms. The van der Waals surface area contributed by atoms with Crippen molar-refractivity contribution < 1.29 is 14.3 Å². The first kappa shape index (κ1) is 25.2. The molecule has 0 atom stereocenters. The largest absolute Gasteiger partial charge is 0.444 e. The van der Waals surface area contributed by atoms with E-state index in [0.29, 0.717) is 32.1 Å². The Morgan fingerprint density at radius 3 is 2.53 bits per heavy atom. The lowest BCUT2D eigenvalue weighted by atomic mass is 9.96. The first-order valence-electron chi connectivity index (χ1n) is 11.2. The minimum Gasteiger partial charge on any atom is -0.444 e. The van der Waals surface area contributed by atoms with Gasteiger partial charge in [-0.3, -0.25) is 4.79 Å². The van der Waals surface area contributed by atoms with Crippen LogP contribution in [0.2, 0.25) is 0 Å². The molecule has 1 aliphatic rings. The van der Waals surface area contributed by atoms with Gasteiger partial charge in [0.15, 0.2) is 5.96 Å². The molecule has 1 aliphatic heterocycles. The number of hydrogen-bond acceptors (Lipinski definition) is 6. The van der Waals surface area contributed by atoms with Crippen molar-refractivity contribution in [3.63, 3.8) is 0 Å². The summed E-state index contributed by atoms with van der Waals surface area (Å²) in [4.78, 5) is 34.6. The first-order valence-corrected chi connectivity index (χ1v) is 11.2. The second-order valence-corrected chi connectivity index (χ2v) is 8.70. The number of nitrogens with zero attached hydrogens (tertiary/aromatic N) is 3. The van der Waals surface area contributed by atoms with E-state index in [4.69, 9.17) is 10.5 Å². The van der Waals surface area contributed by atoms with E-state index in [1.807, 2.05) is 39.8 Å². The van der Waals surface area contributed by atoms with E-state index in [9.17, 15) is 9.59 Å². The molecule has 10 heteroatoms. The number of nitrogens with two attached hydrogens (primary N) is 1. The van der Waals surface area contributed by atoms with E-state index in [1.54, 1.807) is 6.20 Å². The number of aliphatic imine (C=N–C) groups is 1. The number of piperidine rings is 1. The first-order chi connectivity index (χ1) is 15.2. The molecule has 2 rings (SSSR count). The van der Waals surface area contributed by atoms with Crippen LogP contribution in [-0.4, -0.2) is 61.3 Å².